The molecular formula is C24H19N5O2. The highest BCUT2D eigenvalue weighted by Crippen LogP contribution is 2.26. The first-order valence-corrected chi connectivity index (χ1v) is 9.62. The fourth-order valence-corrected chi connectivity index (χ4v) is 3.02. The first kappa shape index (κ1) is 19.9. The third-order valence-corrected chi connectivity index (χ3v) is 4.60. The van der Waals surface area contributed by atoms with Gasteiger partial charge in [0.15, 0.2) is 0 Å². The molecule has 31 heavy (non-hydrogen) atoms. The van der Waals surface area contributed by atoms with E-state index in [9.17, 15) is 10.1 Å². The minimum Gasteiger partial charge on any atom is -0.258 e. The summed E-state index contributed by atoms with van der Waals surface area (Å²) in [5.74, 6) is 0.418. The lowest BCUT2D eigenvalue weighted by Gasteiger charge is -2.14. The van der Waals surface area contributed by atoms with E-state index in [1.807, 2.05) is 66.7 Å². The molecule has 0 saturated carbocycles. The molecule has 0 radical (unpaired) electrons. The van der Waals surface area contributed by atoms with Crippen LogP contribution in [0.4, 0.5) is 11.6 Å². The van der Waals surface area contributed by atoms with E-state index in [1.165, 1.54) is 12.1 Å². The third-order valence-electron chi connectivity index (χ3n) is 4.60. The lowest BCUT2D eigenvalue weighted by atomic mass is 10.1. The van der Waals surface area contributed by atoms with Crippen LogP contribution in [-0.2, 0) is 0 Å². The van der Waals surface area contributed by atoms with Crippen LogP contribution in [0.25, 0.3) is 22.5 Å². The summed E-state index contributed by atoms with van der Waals surface area (Å²) in [7, 11) is 1.74. The molecule has 7 nitrogen and oxygen atoms in total. The van der Waals surface area contributed by atoms with Gasteiger partial charge < -0.3 is 0 Å². The highest BCUT2D eigenvalue weighted by Gasteiger charge is 2.11. The van der Waals surface area contributed by atoms with Gasteiger partial charge in [-0.2, -0.15) is 5.10 Å². The Balaban J connectivity index is 1.71. The highest BCUT2D eigenvalue weighted by atomic mass is 16.6. The van der Waals surface area contributed by atoms with Crippen molar-refractivity contribution in [1.82, 2.24) is 9.97 Å². The first-order valence-electron chi connectivity index (χ1n) is 9.62. The van der Waals surface area contributed by atoms with Crippen molar-refractivity contribution in [2.45, 2.75) is 0 Å². The lowest BCUT2D eigenvalue weighted by Crippen LogP contribution is -2.13. The number of non-ortho nitro benzene ring substituents is 1. The number of nitro groups is 1. The van der Waals surface area contributed by atoms with Crippen molar-refractivity contribution >= 4 is 17.9 Å². The second-order valence-electron chi connectivity index (χ2n) is 6.79. The van der Waals surface area contributed by atoms with Gasteiger partial charge in [0.25, 0.3) is 5.69 Å². The molecule has 1 aromatic heterocycles. The van der Waals surface area contributed by atoms with Gasteiger partial charge in [0, 0.05) is 35.9 Å². The molecule has 0 N–H and O–H groups in total. The van der Waals surface area contributed by atoms with Gasteiger partial charge in [0.1, 0.15) is 0 Å². The van der Waals surface area contributed by atoms with Gasteiger partial charge in [-0.15, -0.1) is 0 Å². The summed E-state index contributed by atoms with van der Waals surface area (Å²) in [6.45, 7) is 0. The summed E-state index contributed by atoms with van der Waals surface area (Å²) in [5, 5.41) is 16.9. The molecule has 0 unspecified atom stereocenters. The van der Waals surface area contributed by atoms with Crippen molar-refractivity contribution in [1.29, 1.82) is 0 Å². The van der Waals surface area contributed by atoms with Gasteiger partial charge in [-0.1, -0.05) is 72.8 Å². The van der Waals surface area contributed by atoms with Crippen molar-refractivity contribution in [2.24, 2.45) is 5.10 Å². The van der Waals surface area contributed by atoms with Crippen LogP contribution in [-0.4, -0.2) is 28.2 Å². The average Bonchev–Trinajstić information content (AvgIpc) is 2.83. The maximum absolute atomic E-state index is 11.0. The normalized spacial score (nSPS) is 10.9. The summed E-state index contributed by atoms with van der Waals surface area (Å²) in [5.41, 5.74) is 4.13. The van der Waals surface area contributed by atoms with Crippen LogP contribution in [0, 0.1) is 10.1 Å². The molecular weight excluding hydrogens is 390 g/mol. The standard InChI is InChI=1S/C24H19N5O2/c1-28(25-17-18-9-8-14-21(15-18)29(30)31)24-26-22(19-10-4-2-5-11-19)16-23(27-24)20-12-6-3-7-13-20/h2-17H,1H3/b25-17+. The van der Waals surface area contributed by atoms with Gasteiger partial charge >= 0.3 is 0 Å². The second-order valence-corrected chi connectivity index (χ2v) is 6.79. The molecule has 0 saturated heterocycles. The van der Waals surface area contributed by atoms with E-state index in [1.54, 1.807) is 30.4 Å². The van der Waals surface area contributed by atoms with Crippen molar-refractivity contribution < 1.29 is 4.92 Å². The lowest BCUT2D eigenvalue weighted by molar-refractivity contribution is -0.384. The van der Waals surface area contributed by atoms with Crippen LogP contribution < -0.4 is 5.01 Å². The van der Waals surface area contributed by atoms with E-state index in [-0.39, 0.29) is 5.69 Å². The maximum atomic E-state index is 11.0. The van der Waals surface area contributed by atoms with Gasteiger partial charge in [-0.25, -0.2) is 15.0 Å². The molecule has 4 aromatic rings. The summed E-state index contributed by atoms with van der Waals surface area (Å²) in [6, 6.07) is 28.0. The van der Waals surface area contributed by atoms with Crippen LogP contribution in [0.5, 0.6) is 0 Å². The molecule has 0 aliphatic heterocycles. The zero-order valence-corrected chi connectivity index (χ0v) is 16.8. The van der Waals surface area contributed by atoms with Crippen LogP contribution in [0.1, 0.15) is 5.56 Å². The third kappa shape index (κ3) is 4.79. The van der Waals surface area contributed by atoms with Gasteiger partial charge in [-0.3, -0.25) is 10.1 Å². The minimum atomic E-state index is -0.431. The fourth-order valence-electron chi connectivity index (χ4n) is 3.02. The largest absolute Gasteiger partial charge is 0.270 e. The molecule has 0 aliphatic rings. The molecule has 152 valence electrons. The quantitative estimate of drug-likeness (QED) is 0.249. The number of nitro benzene ring substituents is 1. The molecule has 0 bridgehead atoms. The number of hydrazone groups is 1. The summed E-state index contributed by atoms with van der Waals surface area (Å²) >= 11 is 0. The molecule has 0 atom stereocenters. The van der Waals surface area contributed by atoms with E-state index in [4.69, 9.17) is 0 Å². The van der Waals surface area contributed by atoms with Crippen molar-refractivity contribution in [3.63, 3.8) is 0 Å². The Morgan fingerprint density at radius 3 is 1.97 bits per heavy atom. The molecule has 0 spiro atoms. The predicted molar refractivity (Wildman–Crippen MR) is 122 cm³/mol. The Hall–Kier alpha value is -4.39. The van der Waals surface area contributed by atoms with Crippen molar-refractivity contribution in [3.05, 3.63) is 107 Å². The zero-order valence-electron chi connectivity index (χ0n) is 16.8. The molecule has 7 heteroatoms. The molecule has 0 fully saturated rings. The average molecular weight is 409 g/mol. The zero-order chi connectivity index (χ0) is 21.6. The van der Waals surface area contributed by atoms with Gasteiger partial charge in [0.05, 0.1) is 22.5 Å². The fraction of sp³-hybridized carbons (Fsp3) is 0.0417. The topological polar surface area (TPSA) is 84.5 Å². The Morgan fingerprint density at radius 1 is 0.839 bits per heavy atom. The second kappa shape index (κ2) is 8.96. The van der Waals surface area contributed by atoms with E-state index < -0.39 is 4.92 Å². The van der Waals surface area contributed by atoms with Crippen LogP contribution in [0.2, 0.25) is 0 Å². The molecule has 0 aliphatic carbocycles. The van der Waals surface area contributed by atoms with E-state index in [2.05, 4.69) is 15.1 Å². The van der Waals surface area contributed by atoms with E-state index >= 15 is 0 Å². The van der Waals surface area contributed by atoms with E-state index in [0.717, 1.165) is 22.5 Å². The molecule has 4 rings (SSSR count). The van der Waals surface area contributed by atoms with Gasteiger partial charge in [-0.05, 0) is 6.07 Å². The summed E-state index contributed by atoms with van der Waals surface area (Å²) < 4.78 is 0. The Bertz CT molecular complexity index is 1170. The van der Waals surface area contributed by atoms with E-state index in [0.29, 0.717) is 11.5 Å². The number of anilines is 1. The Morgan fingerprint density at radius 2 is 1.42 bits per heavy atom. The monoisotopic (exact) mass is 409 g/mol. The SMILES string of the molecule is CN(/N=C/c1cccc([N+](=O)[O-])c1)c1nc(-c2ccccc2)cc(-c2ccccc2)n1. The van der Waals surface area contributed by atoms with Crippen LogP contribution >= 0.6 is 0 Å². The molecule has 3 aromatic carbocycles. The highest BCUT2D eigenvalue weighted by molar-refractivity contribution is 5.81. The summed E-state index contributed by atoms with van der Waals surface area (Å²) in [4.78, 5) is 19.9. The summed E-state index contributed by atoms with van der Waals surface area (Å²) in [6.07, 6.45) is 1.55. The van der Waals surface area contributed by atoms with Crippen molar-refractivity contribution in [2.75, 3.05) is 12.1 Å². The smallest absolute Gasteiger partial charge is 0.258 e. The number of rotatable bonds is 6. The number of aromatic nitrogens is 2. The van der Waals surface area contributed by atoms with Gasteiger partial charge in [0.2, 0.25) is 5.95 Å². The molecule has 0 amide bonds. The van der Waals surface area contributed by atoms with Crippen LogP contribution in [0.3, 0.4) is 0 Å². The maximum Gasteiger partial charge on any atom is 0.270 e. The Kier molecular flexibility index (Phi) is 5.75. The first-order chi connectivity index (χ1) is 15.1. The van der Waals surface area contributed by atoms with Crippen molar-refractivity contribution in [3.8, 4) is 22.5 Å². The molecule has 1 heterocycles. The number of hydrogen-bond acceptors (Lipinski definition) is 6. The number of benzene rings is 3. The minimum absolute atomic E-state index is 0.0142. The Labute approximate surface area is 179 Å². The van der Waals surface area contributed by atoms with Crippen LogP contribution in [0.15, 0.2) is 96.1 Å². The number of nitrogens with zero attached hydrogens (tertiary/aromatic N) is 5. The predicted octanol–water partition coefficient (Wildman–Crippen LogP) is 5.19. The number of hydrogen-bond donors (Lipinski definition) is 0.